The lowest BCUT2D eigenvalue weighted by Gasteiger charge is -2.20. The lowest BCUT2D eigenvalue weighted by molar-refractivity contribution is 0.0931. The molecule has 0 spiro atoms. The molecular weight excluding hydrogens is 474 g/mol. The summed E-state index contributed by atoms with van der Waals surface area (Å²) in [6.07, 6.45) is 2.02. The van der Waals surface area contributed by atoms with Crippen LogP contribution in [0.5, 0.6) is 0 Å². The van der Waals surface area contributed by atoms with E-state index in [2.05, 4.69) is 21.2 Å². The van der Waals surface area contributed by atoms with E-state index in [4.69, 9.17) is 0 Å². The summed E-state index contributed by atoms with van der Waals surface area (Å²) in [4.78, 5) is 13.2. The van der Waals surface area contributed by atoms with Crippen LogP contribution in [0.15, 0.2) is 54.6 Å². The van der Waals surface area contributed by atoms with Gasteiger partial charge in [0.15, 0.2) is 0 Å². The topological polar surface area (TPSA) is 52.9 Å². The van der Waals surface area contributed by atoms with Crippen LogP contribution in [0.3, 0.4) is 0 Å². The molecule has 1 saturated carbocycles. The van der Waals surface area contributed by atoms with Gasteiger partial charge in [-0.15, -0.1) is 0 Å². The highest BCUT2D eigenvalue weighted by molar-refractivity contribution is 9.08. The second-order valence-corrected chi connectivity index (χ2v) is 8.71. The lowest BCUT2D eigenvalue weighted by Crippen LogP contribution is -2.30. The van der Waals surface area contributed by atoms with Crippen molar-refractivity contribution >= 4 is 21.8 Å². The van der Waals surface area contributed by atoms with Crippen molar-refractivity contribution in [3.8, 4) is 17.2 Å². The summed E-state index contributed by atoms with van der Waals surface area (Å²) in [5.41, 5.74) is 4.20. The Labute approximate surface area is 194 Å². The monoisotopic (exact) mass is 494 g/mol. The first kappa shape index (κ1) is 22.2. The van der Waals surface area contributed by atoms with Crippen molar-refractivity contribution < 1.29 is 13.6 Å². The molecule has 0 bridgehead atoms. The molecule has 0 aromatic heterocycles. The largest absolute Gasteiger partial charge is 0.345 e. The standard InChI is InChI=1S/C26H21BrF2N2O/c1-15-8-18(4-7-24(15)29)25(17-2-3-17)31-26(32)20-10-16(13-27)9-19(11-20)23-6-5-22(28)12-21(23)14-30/h4-12,17,25H,2-3,13H2,1H3,(H,31,32)/t25-/m0/s1. The zero-order chi connectivity index (χ0) is 22.8. The minimum absolute atomic E-state index is 0.196. The maximum Gasteiger partial charge on any atom is 0.251 e. The summed E-state index contributed by atoms with van der Waals surface area (Å²) in [6.45, 7) is 1.71. The predicted molar refractivity (Wildman–Crippen MR) is 123 cm³/mol. The van der Waals surface area contributed by atoms with Gasteiger partial charge in [-0.05, 0) is 83.8 Å². The van der Waals surface area contributed by atoms with E-state index in [-0.39, 0.29) is 23.3 Å². The maximum absolute atomic E-state index is 13.7. The van der Waals surface area contributed by atoms with Gasteiger partial charge in [-0.2, -0.15) is 5.26 Å². The number of amides is 1. The van der Waals surface area contributed by atoms with Gasteiger partial charge in [0.25, 0.3) is 5.91 Å². The molecule has 1 N–H and O–H groups in total. The molecule has 1 aliphatic rings. The number of hydrogen-bond donors (Lipinski definition) is 1. The number of benzene rings is 3. The van der Waals surface area contributed by atoms with Crippen LogP contribution in [0.1, 0.15) is 51.5 Å². The molecule has 0 radical (unpaired) electrons. The third-order valence-electron chi connectivity index (χ3n) is 5.74. The number of rotatable bonds is 6. The fourth-order valence-corrected chi connectivity index (χ4v) is 4.23. The van der Waals surface area contributed by atoms with Crippen molar-refractivity contribution in [2.24, 2.45) is 5.92 Å². The summed E-state index contributed by atoms with van der Waals surface area (Å²) in [5, 5.41) is 13.1. The minimum Gasteiger partial charge on any atom is -0.345 e. The zero-order valence-corrected chi connectivity index (χ0v) is 19.0. The van der Waals surface area contributed by atoms with E-state index >= 15 is 0 Å². The van der Waals surface area contributed by atoms with Crippen molar-refractivity contribution in [3.63, 3.8) is 0 Å². The Hall–Kier alpha value is -3.04. The van der Waals surface area contributed by atoms with Crippen LogP contribution in [-0.4, -0.2) is 5.91 Å². The molecule has 1 amide bonds. The van der Waals surface area contributed by atoms with Crippen LogP contribution in [0, 0.1) is 35.8 Å². The van der Waals surface area contributed by atoms with E-state index in [0.29, 0.717) is 33.5 Å². The third kappa shape index (κ3) is 4.73. The number of carbonyl (C=O) groups is 1. The average molecular weight is 495 g/mol. The summed E-state index contributed by atoms with van der Waals surface area (Å²) in [6, 6.07) is 16.2. The molecule has 0 unspecified atom stereocenters. The maximum atomic E-state index is 13.7. The van der Waals surface area contributed by atoms with Gasteiger partial charge in [0, 0.05) is 10.9 Å². The highest BCUT2D eigenvalue weighted by atomic mass is 79.9. The van der Waals surface area contributed by atoms with Crippen molar-refractivity contribution in [2.45, 2.75) is 31.1 Å². The molecule has 0 heterocycles. The number of halogens is 3. The van der Waals surface area contributed by atoms with Gasteiger partial charge in [-0.3, -0.25) is 4.79 Å². The molecule has 3 nitrogen and oxygen atoms in total. The molecule has 3 aromatic rings. The van der Waals surface area contributed by atoms with Gasteiger partial charge in [0.1, 0.15) is 11.6 Å². The van der Waals surface area contributed by atoms with Gasteiger partial charge in [0.05, 0.1) is 17.7 Å². The lowest BCUT2D eigenvalue weighted by atomic mass is 9.95. The number of nitriles is 1. The quantitative estimate of drug-likeness (QED) is 0.393. The molecule has 0 saturated heterocycles. The summed E-state index contributed by atoms with van der Waals surface area (Å²) >= 11 is 3.44. The Morgan fingerprint density at radius 2 is 1.94 bits per heavy atom. The Bertz CT molecular complexity index is 1230. The Morgan fingerprint density at radius 1 is 1.16 bits per heavy atom. The van der Waals surface area contributed by atoms with Crippen LogP contribution in [0.25, 0.3) is 11.1 Å². The van der Waals surface area contributed by atoms with Crippen LogP contribution in [0.4, 0.5) is 8.78 Å². The molecule has 6 heteroatoms. The second kappa shape index (κ2) is 9.22. The molecule has 1 fully saturated rings. The molecule has 1 atom stereocenters. The molecule has 3 aromatic carbocycles. The molecular formula is C26H21BrF2N2O. The van der Waals surface area contributed by atoms with Gasteiger partial charge < -0.3 is 5.32 Å². The van der Waals surface area contributed by atoms with E-state index < -0.39 is 5.82 Å². The Kier molecular flexibility index (Phi) is 6.38. The summed E-state index contributed by atoms with van der Waals surface area (Å²) < 4.78 is 27.3. The number of carbonyl (C=O) groups excluding carboxylic acids is 1. The zero-order valence-electron chi connectivity index (χ0n) is 17.5. The van der Waals surface area contributed by atoms with E-state index in [1.807, 2.05) is 12.1 Å². The van der Waals surface area contributed by atoms with E-state index in [9.17, 15) is 18.8 Å². The van der Waals surface area contributed by atoms with Crippen LogP contribution in [0.2, 0.25) is 0 Å². The number of nitrogens with zero attached hydrogens (tertiary/aromatic N) is 1. The molecule has 32 heavy (non-hydrogen) atoms. The molecule has 162 valence electrons. The first-order valence-corrected chi connectivity index (χ1v) is 11.5. The van der Waals surface area contributed by atoms with Crippen LogP contribution in [-0.2, 0) is 5.33 Å². The smallest absolute Gasteiger partial charge is 0.251 e. The number of nitrogens with one attached hydrogen (secondary N) is 1. The Balaban J connectivity index is 1.68. The first-order valence-electron chi connectivity index (χ1n) is 10.4. The van der Waals surface area contributed by atoms with Gasteiger partial charge in [-0.1, -0.05) is 40.2 Å². The first-order chi connectivity index (χ1) is 15.4. The molecule has 1 aliphatic carbocycles. The van der Waals surface area contributed by atoms with E-state index in [1.165, 1.54) is 18.2 Å². The predicted octanol–water partition coefficient (Wildman–Crippen LogP) is 6.59. The van der Waals surface area contributed by atoms with E-state index in [0.717, 1.165) is 24.0 Å². The van der Waals surface area contributed by atoms with E-state index in [1.54, 1.807) is 37.3 Å². The third-order valence-corrected chi connectivity index (χ3v) is 6.39. The van der Waals surface area contributed by atoms with Gasteiger partial charge in [0.2, 0.25) is 0 Å². The summed E-state index contributed by atoms with van der Waals surface area (Å²) in [5.74, 6) is -0.669. The minimum atomic E-state index is -0.484. The fraction of sp³-hybridized carbons (Fsp3) is 0.231. The second-order valence-electron chi connectivity index (χ2n) is 8.15. The van der Waals surface area contributed by atoms with Crippen molar-refractivity contribution in [3.05, 3.63) is 94.0 Å². The highest BCUT2D eigenvalue weighted by Crippen LogP contribution is 2.41. The normalized spacial score (nSPS) is 14.0. The summed E-state index contributed by atoms with van der Waals surface area (Å²) in [7, 11) is 0. The highest BCUT2D eigenvalue weighted by Gasteiger charge is 2.34. The number of aryl methyl sites for hydroxylation is 1. The van der Waals surface area contributed by atoms with Crippen molar-refractivity contribution in [1.29, 1.82) is 5.26 Å². The van der Waals surface area contributed by atoms with Gasteiger partial charge in [-0.25, -0.2) is 8.78 Å². The van der Waals surface area contributed by atoms with Crippen molar-refractivity contribution in [2.75, 3.05) is 0 Å². The van der Waals surface area contributed by atoms with Crippen LogP contribution >= 0.6 is 15.9 Å². The number of alkyl halides is 1. The SMILES string of the molecule is Cc1cc([C@@H](NC(=O)c2cc(CBr)cc(-c3ccc(F)cc3C#N)c2)C2CC2)ccc1F. The average Bonchev–Trinajstić information content (AvgIpc) is 3.64. The van der Waals surface area contributed by atoms with Crippen LogP contribution < -0.4 is 5.32 Å². The Morgan fingerprint density at radius 3 is 2.59 bits per heavy atom. The number of hydrogen-bond acceptors (Lipinski definition) is 2. The van der Waals surface area contributed by atoms with Gasteiger partial charge >= 0.3 is 0 Å². The molecule has 0 aliphatic heterocycles. The molecule has 4 rings (SSSR count). The van der Waals surface area contributed by atoms with Crippen molar-refractivity contribution in [1.82, 2.24) is 5.32 Å². The fourth-order valence-electron chi connectivity index (χ4n) is 3.91.